The number of nitrogens with zero attached hydrogens (tertiary/aromatic N) is 5. The van der Waals surface area contributed by atoms with Gasteiger partial charge in [-0.05, 0) is 24.3 Å². The Morgan fingerprint density at radius 2 is 2.08 bits per heavy atom. The van der Waals surface area contributed by atoms with Gasteiger partial charge in [0.1, 0.15) is 17.5 Å². The molecule has 120 valence electrons. The van der Waals surface area contributed by atoms with E-state index in [1.807, 2.05) is 22.9 Å². The van der Waals surface area contributed by atoms with Gasteiger partial charge in [-0.3, -0.25) is 0 Å². The number of anilines is 1. The molecule has 0 bridgehead atoms. The Morgan fingerprint density at radius 3 is 2.92 bits per heavy atom. The first-order valence-corrected chi connectivity index (χ1v) is 7.15. The number of ether oxygens (including phenoxy) is 1. The summed E-state index contributed by atoms with van der Waals surface area (Å²) in [4.78, 5) is 8.51. The number of hydrogen-bond acceptors (Lipinski definition) is 5. The van der Waals surface area contributed by atoms with Gasteiger partial charge in [0, 0.05) is 18.5 Å². The zero-order valence-corrected chi connectivity index (χ0v) is 12.7. The summed E-state index contributed by atoms with van der Waals surface area (Å²) in [5, 5.41) is 4.10. The molecular formula is C16H13FN6O. The van der Waals surface area contributed by atoms with Crippen LogP contribution in [-0.4, -0.2) is 31.3 Å². The first-order chi connectivity index (χ1) is 11.7. The molecule has 0 atom stereocenters. The van der Waals surface area contributed by atoms with Crippen LogP contribution in [0.15, 0.2) is 48.9 Å². The number of hydrogen-bond donors (Lipinski definition) is 1. The van der Waals surface area contributed by atoms with E-state index < -0.39 is 5.82 Å². The van der Waals surface area contributed by atoms with Crippen molar-refractivity contribution >= 4 is 11.5 Å². The van der Waals surface area contributed by atoms with E-state index in [0.29, 0.717) is 34.4 Å². The lowest BCUT2D eigenvalue weighted by atomic mass is 10.2. The lowest BCUT2D eigenvalue weighted by Crippen LogP contribution is -2.02. The third-order valence-corrected chi connectivity index (χ3v) is 3.61. The second-order valence-corrected chi connectivity index (χ2v) is 5.13. The predicted molar refractivity (Wildman–Crippen MR) is 86.5 cm³/mol. The van der Waals surface area contributed by atoms with Crippen molar-refractivity contribution < 1.29 is 9.13 Å². The maximum Gasteiger partial charge on any atom is 0.222 e. The van der Waals surface area contributed by atoms with Crippen LogP contribution < -0.4 is 10.5 Å². The number of pyridine rings is 1. The molecule has 0 aliphatic carbocycles. The van der Waals surface area contributed by atoms with Crippen LogP contribution in [0.5, 0.6) is 5.88 Å². The highest BCUT2D eigenvalue weighted by atomic mass is 19.1. The van der Waals surface area contributed by atoms with E-state index in [0.717, 1.165) is 6.20 Å². The third kappa shape index (κ3) is 2.24. The minimum Gasteiger partial charge on any atom is -0.481 e. The molecule has 0 aliphatic heterocycles. The van der Waals surface area contributed by atoms with E-state index in [4.69, 9.17) is 10.5 Å². The molecule has 4 aromatic heterocycles. The number of halogens is 1. The lowest BCUT2D eigenvalue weighted by molar-refractivity contribution is 0.397. The Labute approximate surface area is 136 Å². The van der Waals surface area contributed by atoms with Crippen LogP contribution in [0, 0.1) is 5.82 Å². The SMILES string of the molecule is COc1ncc(F)cc1-c1cccn1-c1ccn2nc(N)cc2n1. The molecule has 0 saturated carbocycles. The maximum absolute atomic E-state index is 13.7. The zero-order valence-electron chi connectivity index (χ0n) is 12.7. The molecule has 0 fully saturated rings. The van der Waals surface area contributed by atoms with E-state index in [1.54, 1.807) is 22.8 Å². The highest BCUT2D eigenvalue weighted by molar-refractivity contribution is 5.67. The van der Waals surface area contributed by atoms with E-state index in [-0.39, 0.29) is 0 Å². The smallest absolute Gasteiger partial charge is 0.222 e. The van der Waals surface area contributed by atoms with Crippen LogP contribution >= 0.6 is 0 Å². The van der Waals surface area contributed by atoms with Gasteiger partial charge < -0.3 is 15.0 Å². The van der Waals surface area contributed by atoms with Gasteiger partial charge in [0.25, 0.3) is 0 Å². The minimum absolute atomic E-state index is 0.339. The van der Waals surface area contributed by atoms with Crippen LogP contribution in [0.25, 0.3) is 22.7 Å². The number of rotatable bonds is 3. The van der Waals surface area contributed by atoms with Crippen LogP contribution in [0.3, 0.4) is 0 Å². The van der Waals surface area contributed by atoms with Gasteiger partial charge in [0.05, 0.1) is 24.6 Å². The average Bonchev–Trinajstić information content (AvgIpc) is 3.19. The second-order valence-electron chi connectivity index (χ2n) is 5.13. The first-order valence-electron chi connectivity index (χ1n) is 7.15. The van der Waals surface area contributed by atoms with Crippen molar-refractivity contribution in [1.29, 1.82) is 0 Å². The normalized spacial score (nSPS) is 11.1. The summed E-state index contributed by atoms with van der Waals surface area (Å²) in [7, 11) is 1.50. The number of methoxy groups -OCH3 is 1. The third-order valence-electron chi connectivity index (χ3n) is 3.61. The predicted octanol–water partition coefficient (Wildman–Crippen LogP) is 2.31. The van der Waals surface area contributed by atoms with E-state index in [1.165, 1.54) is 13.2 Å². The molecule has 2 N–H and O–H groups in total. The van der Waals surface area contributed by atoms with Gasteiger partial charge in [-0.25, -0.2) is 18.9 Å². The number of nitrogens with two attached hydrogens (primary N) is 1. The van der Waals surface area contributed by atoms with Crippen LogP contribution in [0.2, 0.25) is 0 Å². The molecule has 0 aliphatic rings. The average molecular weight is 324 g/mol. The monoisotopic (exact) mass is 324 g/mol. The molecule has 0 saturated heterocycles. The summed E-state index contributed by atoms with van der Waals surface area (Å²) >= 11 is 0. The second kappa shape index (κ2) is 5.34. The van der Waals surface area contributed by atoms with Crippen LogP contribution in [0.1, 0.15) is 0 Å². The van der Waals surface area contributed by atoms with E-state index in [2.05, 4.69) is 15.1 Å². The minimum atomic E-state index is -0.439. The van der Waals surface area contributed by atoms with Gasteiger partial charge >= 0.3 is 0 Å². The van der Waals surface area contributed by atoms with Crippen molar-refractivity contribution in [2.24, 2.45) is 0 Å². The highest BCUT2D eigenvalue weighted by Crippen LogP contribution is 2.30. The fraction of sp³-hybridized carbons (Fsp3) is 0.0625. The molecule has 8 heteroatoms. The fourth-order valence-corrected chi connectivity index (χ4v) is 2.60. The fourth-order valence-electron chi connectivity index (χ4n) is 2.60. The number of nitrogen functional groups attached to an aromatic ring is 1. The van der Waals surface area contributed by atoms with Crippen LogP contribution in [-0.2, 0) is 0 Å². The highest BCUT2D eigenvalue weighted by Gasteiger charge is 2.14. The van der Waals surface area contributed by atoms with Crippen molar-refractivity contribution in [3.05, 3.63) is 54.7 Å². The molecule has 0 spiro atoms. The molecule has 0 aromatic carbocycles. The van der Waals surface area contributed by atoms with Crippen molar-refractivity contribution in [1.82, 2.24) is 24.1 Å². The summed E-state index contributed by atoms with van der Waals surface area (Å²) in [5.74, 6) is 0.939. The molecule has 4 aromatic rings. The molecule has 0 radical (unpaired) electrons. The van der Waals surface area contributed by atoms with Gasteiger partial charge in [-0.2, -0.15) is 0 Å². The van der Waals surface area contributed by atoms with Crippen molar-refractivity contribution in [2.75, 3.05) is 12.8 Å². The molecule has 0 unspecified atom stereocenters. The molecular weight excluding hydrogens is 311 g/mol. The van der Waals surface area contributed by atoms with Crippen LogP contribution in [0.4, 0.5) is 10.2 Å². The molecule has 24 heavy (non-hydrogen) atoms. The maximum atomic E-state index is 13.7. The summed E-state index contributed by atoms with van der Waals surface area (Å²) in [6.07, 6.45) is 4.71. The van der Waals surface area contributed by atoms with E-state index in [9.17, 15) is 4.39 Å². The van der Waals surface area contributed by atoms with Gasteiger partial charge in [-0.1, -0.05) is 0 Å². The Hall–Kier alpha value is -3.42. The largest absolute Gasteiger partial charge is 0.481 e. The summed E-state index contributed by atoms with van der Waals surface area (Å²) in [5.41, 5.74) is 7.56. The Kier molecular flexibility index (Phi) is 3.16. The molecule has 4 rings (SSSR count). The Bertz CT molecular complexity index is 1040. The summed E-state index contributed by atoms with van der Waals surface area (Å²) in [6, 6.07) is 8.54. The Morgan fingerprint density at radius 1 is 1.21 bits per heavy atom. The van der Waals surface area contributed by atoms with Gasteiger partial charge in [-0.15, -0.1) is 5.10 Å². The Balaban J connectivity index is 1.89. The number of aromatic nitrogens is 5. The van der Waals surface area contributed by atoms with E-state index >= 15 is 0 Å². The lowest BCUT2D eigenvalue weighted by Gasteiger charge is -2.11. The zero-order chi connectivity index (χ0) is 16.7. The first kappa shape index (κ1) is 14.2. The van der Waals surface area contributed by atoms with Gasteiger partial charge in [0.2, 0.25) is 5.88 Å². The van der Waals surface area contributed by atoms with Gasteiger partial charge in [0.15, 0.2) is 5.65 Å². The summed E-state index contributed by atoms with van der Waals surface area (Å²) < 4.78 is 22.3. The topological polar surface area (TPSA) is 83.3 Å². The quantitative estimate of drug-likeness (QED) is 0.625. The van der Waals surface area contributed by atoms with Crippen molar-refractivity contribution in [2.45, 2.75) is 0 Å². The molecule has 7 nitrogen and oxygen atoms in total. The van der Waals surface area contributed by atoms with Crippen molar-refractivity contribution in [3.8, 4) is 23.0 Å². The standard InChI is InChI=1S/C16H13FN6O/c1-24-16-11(7-10(17)9-19-16)12-3-2-5-22(12)14-4-6-23-15(20-14)8-13(18)21-23/h2-9H,1H3,(H2,18,21). The summed E-state index contributed by atoms with van der Waals surface area (Å²) in [6.45, 7) is 0. The number of fused-ring (bicyclic) bond motifs is 1. The molecule has 4 heterocycles. The molecule has 0 amide bonds. The van der Waals surface area contributed by atoms with Crippen molar-refractivity contribution in [3.63, 3.8) is 0 Å².